The molecule has 0 aliphatic carbocycles. The standard InChI is InChI=1S/C16H32N2O2/c1-4-16(17,15(19)20)9-6-11-18-10-5-7-14(8-12-18)13(2)3/h13-14H,4-12,17H2,1-3H3,(H,19,20). The molecule has 118 valence electrons. The first-order valence-electron chi connectivity index (χ1n) is 8.13. The highest BCUT2D eigenvalue weighted by molar-refractivity contribution is 5.78. The van der Waals surface area contributed by atoms with Crippen LogP contribution in [0.4, 0.5) is 0 Å². The van der Waals surface area contributed by atoms with Crippen molar-refractivity contribution in [3.05, 3.63) is 0 Å². The third-order valence-corrected chi connectivity index (χ3v) is 4.96. The Morgan fingerprint density at radius 3 is 2.65 bits per heavy atom. The maximum atomic E-state index is 11.2. The molecule has 0 aromatic rings. The zero-order chi connectivity index (χ0) is 15.2. The normalized spacial score (nSPS) is 24.4. The first kappa shape index (κ1) is 17.4. The Bertz CT molecular complexity index is 307. The van der Waals surface area contributed by atoms with Gasteiger partial charge in [0, 0.05) is 0 Å². The summed E-state index contributed by atoms with van der Waals surface area (Å²) in [5.41, 5.74) is 4.89. The molecular formula is C16H32N2O2. The number of aliphatic carboxylic acids is 1. The number of rotatable bonds is 7. The minimum absolute atomic E-state index is 0.498. The number of hydrogen-bond donors (Lipinski definition) is 2. The molecule has 1 aliphatic heterocycles. The van der Waals surface area contributed by atoms with Crippen LogP contribution in [0.1, 0.15) is 59.3 Å². The molecule has 0 saturated carbocycles. The predicted molar refractivity (Wildman–Crippen MR) is 82.7 cm³/mol. The molecule has 1 heterocycles. The Morgan fingerprint density at radius 1 is 1.40 bits per heavy atom. The molecule has 1 rings (SSSR count). The topological polar surface area (TPSA) is 66.6 Å². The highest BCUT2D eigenvalue weighted by Gasteiger charge is 2.31. The second-order valence-corrected chi connectivity index (χ2v) is 6.70. The zero-order valence-electron chi connectivity index (χ0n) is 13.4. The summed E-state index contributed by atoms with van der Waals surface area (Å²) in [6.45, 7) is 9.78. The first-order valence-corrected chi connectivity index (χ1v) is 8.13. The van der Waals surface area contributed by atoms with Gasteiger partial charge >= 0.3 is 5.97 Å². The van der Waals surface area contributed by atoms with Crippen LogP contribution in [-0.2, 0) is 4.79 Å². The van der Waals surface area contributed by atoms with Crippen molar-refractivity contribution in [2.45, 2.75) is 64.8 Å². The fraction of sp³-hybridized carbons (Fsp3) is 0.938. The molecule has 0 amide bonds. The van der Waals surface area contributed by atoms with Gasteiger partial charge in [-0.15, -0.1) is 0 Å². The molecule has 0 radical (unpaired) electrons. The molecule has 2 atom stereocenters. The molecule has 20 heavy (non-hydrogen) atoms. The lowest BCUT2D eigenvalue weighted by Gasteiger charge is -2.25. The number of hydrogen-bond acceptors (Lipinski definition) is 3. The summed E-state index contributed by atoms with van der Waals surface area (Å²) in [6.07, 6.45) is 5.82. The molecule has 4 nitrogen and oxygen atoms in total. The molecule has 0 spiro atoms. The van der Waals surface area contributed by atoms with Gasteiger partial charge in [0.15, 0.2) is 0 Å². The number of carboxylic acids is 1. The quantitative estimate of drug-likeness (QED) is 0.754. The fourth-order valence-electron chi connectivity index (χ4n) is 3.12. The van der Waals surface area contributed by atoms with Crippen molar-refractivity contribution in [1.82, 2.24) is 4.90 Å². The third-order valence-electron chi connectivity index (χ3n) is 4.96. The summed E-state index contributed by atoms with van der Waals surface area (Å²) in [7, 11) is 0. The number of nitrogens with zero attached hydrogens (tertiary/aromatic N) is 1. The van der Waals surface area contributed by atoms with Crippen LogP contribution in [-0.4, -0.2) is 41.1 Å². The van der Waals surface area contributed by atoms with E-state index in [1.807, 2.05) is 6.92 Å². The second-order valence-electron chi connectivity index (χ2n) is 6.70. The molecule has 4 heteroatoms. The Balaban J connectivity index is 2.34. The summed E-state index contributed by atoms with van der Waals surface area (Å²) < 4.78 is 0. The molecule has 1 aliphatic rings. The number of carboxylic acid groups (broad SMARTS) is 1. The van der Waals surface area contributed by atoms with E-state index in [0.29, 0.717) is 12.8 Å². The van der Waals surface area contributed by atoms with Crippen molar-refractivity contribution < 1.29 is 9.90 Å². The van der Waals surface area contributed by atoms with Gasteiger partial charge in [-0.05, 0) is 70.0 Å². The lowest BCUT2D eigenvalue weighted by atomic mass is 9.89. The van der Waals surface area contributed by atoms with E-state index in [-0.39, 0.29) is 0 Å². The Labute approximate surface area is 123 Å². The van der Waals surface area contributed by atoms with E-state index in [9.17, 15) is 9.90 Å². The molecule has 2 unspecified atom stereocenters. The third kappa shape index (κ3) is 5.06. The van der Waals surface area contributed by atoms with E-state index in [2.05, 4.69) is 18.7 Å². The summed E-state index contributed by atoms with van der Waals surface area (Å²) in [5, 5.41) is 9.17. The maximum Gasteiger partial charge on any atom is 0.323 e. The van der Waals surface area contributed by atoms with Crippen LogP contribution in [0.3, 0.4) is 0 Å². The zero-order valence-corrected chi connectivity index (χ0v) is 13.4. The van der Waals surface area contributed by atoms with Crippen molar-refractivity contribution in [3.8, 4) is 0 Å². The van der Waals surface area contributed by atoms with Crippen molar-refractivity contribution in [1.29, 1.82) is 0 Å². The van der Waals surface area contributed by atoms with Crippen LogP contribution < -0.4 is 5.73 Å². The van der Waals surface area contributed by atoms with Crippen LogP contribution in [0.25, 0.3) is 0 Å². The van der Waals surface area contributed by atoms with Crippen LogP contribution >= 0.6 is 0 Å². The highest BCUT2D eigenvalue weighted by atomic mass is 16.4. The molecule has 1 fully saturated rings. The predicted octanol–water partition coefficient (Wildman–Crippen LogP) is 2.72. The van der Waals surface area contributed by atoms with E-state index >= 15 is 0 Å². The van der Waals surface area contributed by atoms with E-state index in [0.717, 1.165) is 37.9 Å². The minimum Gasteiger partial charge on any atom is -0.480 e. The molecule has 3 N–H and O–H groups in total. The van der Waals surface area contributed by atoms with Gasteiger partial charge in [0.2, 0.25) is 0 Å². The molecule has 0 bridgehead atoms. The first-order chi connectivity index (χ1) is 9.39. The van der Waals surface area contributed by atoms with Crippen molar-refractivity contribution in [2.75, 3.05) is 19.6 Å². The van der Waals surface area contributed by atoms with Crippen molar-refractivity contribution >= 4 is 5.97 Å². The van der Waals surface area contributed by atoms with Gasteiger partial charge in [-0.1, -0.05) is 20.8 Å². The highest BCUT2D eigenvalue weighted by Crippen LogP contribution is 2.25. The van der Waals surface area contributed by atoms with Gasteiger partial charge in [0.25, 0.3) is 0 Å². The van der Waals surface area contributed by atoms with E-state index in [1.165, 1.54) is 19.3 Å². The molecule has 0 aromatic heterocycles. The SMILES string of the molecule is CCC(N)(CCCN1CCCC(C(C)C)CC1)C(=O)O. The number of likely N-dealkylation sites (tertiary alicyclic amines) is 1. The van der Waals surface area contributed by atoms with Crippen molar-refractivity contribution in [3.63, 3.8) is 0 Å². The summed E-state index contributed by atoms with van der Waals surface area (Å²) in [6, 6.07) is 0. The van der Waals surface area contributed by atoms with Gasteiger partial charge in [0.05, 0.1) is 0 Å². The molecule has 0 aromatic carbocycles. The monoisotopic (exact) mass is 284 g/mol. The van der Waals surface area contributed by atoms with Gasteiger partial charge in [-0.2, -0.15) is 0 Å². The number of nitrogens with two attached hydrogens (primary N) is 1. The van der Waals surface area contributed by atoms with E-state index in [1.54, 1.807) is 0 Å². The number of carbonyl (C=O) groups is 1. The average molecular weight is 284 g/mol. The van der Waals surface area contributed by atoms with Gasteiger partial charge in [-0.3, -0.25) is 4.79 Å². The van der Waals surface area contributed by atoms with Crippen LogP contribution in [0.15, 0.2) is 0 Å². The summed E-state index contributed by atoms with van der Waals surface area (Å²) >= 11 is 0. The van der Waals surface area contributed by atoms with E-state index in [4.69, 9.17) is 5.73 Å². The van der Waals surface area contributed by atoms with Crippen LogP contribution in [0, 0.1) is 11.8 Å². The van der Waals surface area contributed by atoms with Gasteiger partial charge < -0.3 is 15.7 Å². The summed E-state index contributed by atoms with van der Waals surface area (Å²) in [4.78, 5) is 13.7. The van der Waals surface area contributed by atoms with Gasteiger partial charge in [-0.25, -0.2) is 0 Å². The Hall–Kier alpha value is -0.610. The van der Waals surface area contributed by atoms with Crippen molar-refractivity contribution in [2.24, 2.45) is 17.6 Å². The Morgan fingerprint density at radius 2 is 2.10 bits per heavy atom. The lowest BCUT2D eigenvalue weighted by molar-refractivity contribution is -0.143. The summed E-state index contributed by atoms with van der Waals surface area (Å²) in [5.74, 6) is 0.762. The smallest absolute Gasteiger partial charge is 0.323 e. The van der Waals surface area contributed by atoms with Gasteiger partial charge in [0.1, 0.15) is 5.54 Å². The lowest BCUT2D eigenvalue weighted by Crippen LogP contribution is -2.47. The van der Waals surface area contributed by atoms with Crippen LogP contribution in [0.5, 0.6) is 0 Å². The maximum absolute atomic E-state index is 11.2. The Kier molecular flexibility index (Phi) is 6.96. The second kappa shape index (κ2) is 7.99. The average Bonchev–Trinajstić information content (AvgIpc) is 2.64. The van der Waals surface area contributed by atoms with E-state index < -0.39 is 11.5 Å². The molecule has 1 saturated heterocycles. The minimum atomic E-state index is -1.04. The van der Waals surface area contributed by atoms with Crippen LogP contribution in [0.2, 0.25) is 0 Å². The fourth-order valence-corrected chi connectivity index (χ4v) is 3.12. The molecular weight excluding hydrogens is 252 g/mol. The largest absolute Gasteiger partial charge is 0.480 e.